The third-order valence-corrected chi connectivity index (χ3v) is 5.01. The molecule has 0 bridgehead atoms. The number of likely N-dealkylation sites (N-methyl/N-ethyl adjacent to an activating group) is 1. The molecule has 0 unspecified atom stereocenters. The van der Waals surface area contributed by atoms with Gasteiger partial charge >= 0.3 is 0 Å². The number of nitrogens with one attached hydrogen (secondary N) is 1. The molecular formula is C22H28FN3O2. The standard InChI is InChI=1S/C22H28FN3O2/c1-25-14-15-26(21(16-25)18-6-3-2-4-7-18)13-5-12-24-22(27)17-28-20-10-8-19(23)9-11-20/h2-4,6-11,21H,5,12-17H2,1H3,(H,24,27)/t21-/m0/s1. The van der Waals surface area contributed by atoms with Crippen LogP contribution in [0.2, 0.25) is 0 Å². The molecule has 150 valence electrons. The summed E-state index contributed by atoms with van der Waals surface area (Å²) < 4.78 is 18.2. The highest BCUT2D eigenvalue weighted by molar-refractivity contribution is 5.77. The molecule has 1 aliphatic heterocycles. The van der Waals surface area contributed by atoms with Crippen LogP contribution < -0.4 is 10.1 Å². The maximum atomic E-state index is 12.9. The fourth-order valence-corrected chi connectivity index (χ4v) is 3.46. The van der Waals surface area contributed by atoms with Gasteiger partial charge in [0.05, 0.1) is 0 Å². The molecule has 0 spiro atoms. The summed E-state index contributed by atoms with van der Waals surface area (Å²) in [5.41, 5.74) is 1.34. The lowest BCUT2D eigenvalue weighted by Gasteiger charge is -2.40. The van der Waals surface area contributed by atoms with Crippen molar-refractivity contribution >= 4 is 5.91 Å². The molecule has 1 N–H and O–H groups in total. The molecule has 28 heavy (non-hydrogen) atoms. The van der Waals surface area contributed by atoms with Crippen molar-refractivity contribution in [3.63, 3.8) is 0 Å². The second-order valence-corrected chi connectivity index (χ2v) is 7.17. The molecule has 5 nitrogen and oxygen atoms in total. The Morgan fingerprint density at radius 3 is 2.64 bits per heavy atom. The Morgan fingerprint density at radius 1 is 1.14 bits per heavy atom. The van der Waals surface area contributed by atoms with Crippen molar-refractivity contribution in [1.29, 1.82) is 0 Å². The number of carbonyl (C=O) groups excluding carboxylic acids is 1. The number of ether oxygens (including phenoxy) is 1. The van der Waals surface area contributed by atoms with Gasteiger partial charge in [0, 0.05) is 38.8 Å². The van der Waals surface area contributed by atoms with Gasteiger partial charge in [-0.05, 0) is 43.3 Å². The molecule has 2 aromatic rings. The maximum absolute atomic E-state index is 12.9. The van der Waals surface area contributed by atoms with E-state index >= 15 is 0 Å². The van der Waals surface area contributed by atoms with Crippen LogP contribution in [0, 0.1) is 5.82 Å². The summed E-state index contributed by atoms with van der Waals surface area (Å²) in [7, 11) is 2.16. The number of hydrogen-bond donors (Lipinski definition) is 1. The second kappa shape index (κ2) is 10.2. The molecule has 1 amide bonds. The predicted molar refractivity (Wildman–Crippen MR) is 108 cm³/mol. The van der Waals surface area contributed by atoms with Gasteiger partial charge in [-0.2, -0.15) is 0 Å². The van der Waals surface area contributed by atoms with Crippen LogP contribution in [0.5, 0.6) is 5.75 Å². The Hall–Kier alpha value is -2.44. The predicted octanol–water partition coefficient (Wildman–Crippen LogP) is 2.70. The molecule has 1 heterocycles. The van der Waals surface area contributed by atoms with Crippen molar-refractivity contribution in [2.45, 2.75) is 12.5 Å². The van der Waals surface area contributed by atoms with Gasteiger partial charge in [-0.1, -0.05) is 30.3 Å². The van der Waals surface area contributed by atoms with Crippen LogP contribution in [0.3, 0.4) is 0 Å². The third-order valence-electron chi connectivity index (χ3n) is 5.01. The average molecular weight is 385 g/mol. The lowest BCUT2D eigenvalue weighted by Crippen LogP contribution is -2.47. The topological polar surface area (TPSA) is 44.8 Å². The molecule has 1 atom stereocenters. The van der Waals surface area contributed by atoms with E-state index in [1.807, 2.05) is 6.07 Å². The van der Waals surface area contributed by atoms with Gasteiger partial charge in [0.1, 0.15) is 11.6 Å². The quantitative estimate of drug-likeness (QED) is 0.710. The van der Waals surface area contributed by atoms with Crippen LogP contribution >= 0.6 is 0 Å². The highest BCUT2D eigenvalue weighted by atomic mass is 19.1. The van der Waals surface area contributed by atoms with Crippen molar-refractivity contribution in [1.82, 2.24) is 15.1 Å². The first-order valence-corrected chi connectivity index (χ1v) is 9.74. The fraction of sp³-hybridized carbons (Fsp3) is 0.409. The number of benzene rings is 2. The monoisotopic (exact) mass is 385 g/mol. The van der Waals surface area contributed by atoms with E-state index in [4.69, 9.17) is 4.74 Å². The average Bonchev–Trinajstić information content (AvgIpc) is 2.72. The van der Waals surface area contributed by atoms with Crippen molar-refractivity contribution in [2.75, 3.05) is 46.4 Å². The first-order chi connectivity index (χ1) is 13.6. The van der Waals surface area contributed by atoms with Crippen molar-refractivity contribution in [3.8, 4) is 5.75 Å². The van der Waals surface area contributed by atoms with Crippen LogP contribution in [0.4, 0.5) is 4.39 Å². The molecule has 0 aromatic heterocycles. The minimum atomic E-state index is -0.325. The minimum Gasteiger partial charge on any atom is -0.484 e. The Bertz CT molecular complexity index is 739. The molecule has 1 saturated heterocycles. The number of nitrogens with zero attached hydrogens (tertiary/aromatic N) is 2. The zero-order chi connectivity index (χ0) is 19.8. The molecular weight excluding hydrogens is 357 g/mol. The lowest BCUT2D eigenvalue weighted by molar-refractivity contribution is -0.123. The van der Waals surface area contributed by atoms with E-state index in [1.54, 1.807) is 0 Å². The van der Waals surface area contributed by atoms with Crippen molar-refractivity contribution in [2.24, 2.45) is 0 Å². The molecule has 3 rings (SSSR count). The Morgan fingerprint density at radius 2 is 1.89 bits per heavy atom. The number of piperazine rings is 1. The number of carbonyl (C=O) groups is 1. The highest BCUT2D eigenvalue weighted by Gasteiger charge is 2.25. The first kappa shape index (κ1) is 20.3. The summed E-state index contributed by atoms with van der Waals surface area (Å²) in [6.45, 7) is 4.58. The third kappa shape index (κ3) is 6.04. The normalized spacial score (nSPS) is 18.0. The van der Waals surface area contributed by atoms with E-state index in [1.165, 1.54) is 29.8 Å². The van der Waals surface area contributed by atoms with E-state index in [2.05, 4.69) is 46.4 Å². The molecule has 0 saturated carbocycles. The Balaban J connectivity index is 1.39. The summed E-state index contributed by atoms with van der Waals surface area (Å²) in [4.78, 5) is 16.8. The van der Waals surface area contributed by atoms with Gasteiger partial charge in [-0.25, -0.2) is 4.39 Å². The van der Waals surface area contributed by atoms with E-state index in [9.17, 15) is 9.18 Å². The molecule has 1 aliphatic rings. The molecule has 1 fully saturated rings. The van der Waals surface area contributed by atoms with Crippen LogP contribution in [-0.4, -0.2) is 62.1 Å². The summed E-state index contributed by atoms with van der Waals surface area (Å²) in [5, 5.41) is 2.89. The molecule has 2 aromatic carbocycles. The number of halogens is 1. The second-order valence-electron chi connectivity index (χ2n) is 7.17. The summed E-state index contributed by atoms with van der Waals surface area (Å²) in [5.74, 6) is -0.00323. The van der Waals surface area contributed by atoms with Crippen molar-refractivity contribution in [3.05, 3.63) is 66.0 Å². The lowest BCUT2D eigenvalue weighted by atomic mass is 10.0. The summed E-state index contributed by atoms with van der Waals surface area (Å²) >= 11 is 0. The van der Waals surface area contributed by atoms with E-state index in [0.29, 0.717) is 18.3 Å². The fourth-order valence-electron chi connectivity index (χ4n) is 3.46. The van der Waals surface area contributed by atoms with Gasteiger partial charge in [-0.3, -0.25) is 9.69 Å². The number of rotatable bonds is 8. The van der Waals surface area contributed by atoms with Crippen molar-refractivity contribution < 1.29 is 13.9 Å². The van der Waals surface area contributed by atoms with E-state index in [0.717, 1.165) is 32.6 Å². The van der Waals surface area contributed by atoms with Crippen LogP contribution in [-0.2, 0) is 4.79 Å². The SMILES string of the molecule is CN1CCN(CCCNC(=O)COc2ccc(F)cc2)[C@H](c2ccccc2)C1. The van der Waals surface area contributed by atoms with Gasteiger partial charge in [0.15, 0.2) is 6.61 Å². The van der Waals surface area contributed by atoms with Gasteiger partial charge in [-0.15, -0.1) is 0 Å². The van der Waals surface area contributed by atoms with Gasteiger partial charge in [0.25, 0.3) is 5.91 Å². The number of hydrogen-bond acceptors (Lipinski definition) is 4. The smallest absolute Gasteiger partial charge is 0.257 e. The van der Waals surface area contributed by atoms with Crippen LogP contribution in [0.25, 0.3) is 0 Å². The van der Waals surface area contributed by atoms with E-state index < -0.39 is 0 Å². The minimum absolute atomic E-state index is 0.0627. The first-order valence-electron chi connectivity index (χ1n) is 9.74. The Labute approximate surface area is 166 Å². The van der Waals surface area contributed by atoms with Gasteiger partial charge in [0.2, 0.25) is 0 Å². The number of amides is 1. The largest absolute Gasteiger partial charge is 0.484 e. The van der Waals surface area contributed by atoms with Gasteiger partial charge < -0.3 is 15.0 Å². The highest BCUT2D eigenvalue weighted by Crippen LogP contribution is 2.24. The Kier molecular flexibility index (Phi) is 7.39. The summed E-state index contributed by atoms with van der Waals surface area (Å²) in [6.07, 6.45) is 0.884. The van der Waals surface area contributed by atoms with Crippen LogP contribution in [0.15, 0.2) is 54.6 Å². The summed E-state index contributed by atoms with van der Waals surface area (Å²) in [6, 6.07) is 16.6. The zero-order valence-corrected chi connectivity index (χ0v) is 16.3. The zero-order valence-electron chi connectivity index (χ0n) is 16.3. The molecule has 0 radical (unpaired) electrons. The molecule has 6 heteroatoms. The van der Waals surface area contributed by atoms with E-state index in [-0.39, 0.29) is 18.3 Å². The maximum Gasteiger partial charge on any atom is 0.257 e. The molecule has 0 aliphatic carbocycles. The van der Waals surface area contributed by atoms with Crippen LogP contribution in [0.1, 0.15) is 18.0 Å².